The van der Waals surface area contributed by atoms with Gasteiger partial charge in [-0.25, -0.2) is 4.98 Å². The van der Waals surface area contributed by atoms with Gasteiger partial charge in [0, 0.05) is 19.2 Å². The highest BCUT2D eigenvalue weighted by atomic mass is 16.7. The number of benzene rings is 1. The molecular weight excluding hydrogens is 230 g/mol. The maximum Gasteiger partial charge on any atom is 0.231 e. The normalized spacial score (nSPS) is 12.8. The van der Waals surface area contributed by atoms with Gasteiger partial charge in [-0.05, 0) is 24.6 Å². The molecule has 0 fully saturated rings. The van der Waals surface area contributed by atoms with E-state index in [1.807, 2.05) is 32.2 Å². The molecule has 1 aliphatic rings. The van der Waals surface area contributed by atoms with Crippen molar-refractivity contribution in [2.45, 2.75) is 13.3 Å². The molecule has 2 N–H and O–H groups in total. The lowest BCUT2D eigenvalue weighted by Gasteiger charge is -2.01. The van der Waals surface area contributed by atoms with Crippen LogP contribution in [-0.4, -0.2) is 23.8 Å². The van der Waals surface area contributed by atoms with Crippen LogP contribution in [0.3, 0.4) is 0 Å². The Morgan fingerprint density at radius 2 is 2.17 bits per heavy atom. The minimum absolute atomic E-state index is 0.310. The van der Waals surface area contributed by atoms with Crippen LogP contribution < -0.4 is 14.8 Å². The highest BCUT2D eigenvalue weighted by Gasteiger charge is 2.14. The molecule has 0 bridgehead atoms. The molecule has 0 unspecified atom stereocenters. The van der Waals surface area contributed by atoms with Crippen molar-refractivity contribution in [2.75, 3.05) is 19.2 Å². The van der Waals surface area contributed by atoms with E-state index in [0.29, 0.717) is 6.79 Å². The minimum Gasteiger partial charge on any atom is -0.454 e. The lowest BCUT2D eigenvalue weighted by molar-refractivity contribution is 0.174. The van der Waals surface area contributed by atoms with Gasteiger partial charge < -0.3 is 19.8 Å². The zero-order valence-electron chi connectivity index (χ0n) is 10.4. The van der Waals surface area contributed by atoms with Gasteiger partial charge in [0.25, 0.3) is 0 Å². The summed E-state index contributed by atoms with van der Waals surface area (Å²) in [7, 11) is 1.85. The average Bonchev–Trinajstić information content (AvgIpc) is 2.96. The summed E-state index contributed by atoms with van der Waals surface area (Å²) in [4.78, 5) is 7.67. The number of fused-ring (bicyclic) bond motifs is 1. The number of nitrogens with one attached hydrogen (secondary N) is 2. The summed E-state index contributed by atoms with van der Waals surface area (Å²) in [6.07, 6.45) is 0.778. The Labute approximate surface area is 105 Å². The molecule has 0 radical (unpaired) electrons. The van der Waals surface area contributed by atoms with Crippen molar-refractivity contribution in [3.8, 4) is 11.5 Å². The third kappa shape index (κ3) is 1.88. The highest BCUT2D eigenvalue weighted by Crippen LogP contribution is 2.33. The van der Waals surface area contributed by atoms with Gasteiger partial charge in [0.05, 0.1) is 5.69 Å². The summed E-state index contributed by atoms with van der Waals surface area (Å²) < 4.78 is 10.7. The summed E-state index contributed by atoms with van der Waals surface area (Å²) in [6, 6.07) is 5.99. The fourth-order valence-electron chi connectivity index (χ4n) is 2.03. The summed E-state index contributed by atoms with van der Waals surface area (Å²) in [6.45, 7) is 2.33. The second kappa shape index (κ2) is 4.25. The first-order valence-electron chi connectivity index (χ1n) is 5.88. The second-order valence-corrected chi connectivity index (χ2v) is 4.27. The fraction of sp³-hybridized carbons (Fsp3) is 0.308. The summed E-state index contributed by atoms with van der Waals surface area (Å²) >= 11 is 0. The number of aromatic nitrogens is 2. The molecule has 0 saturated carbocycles. The largest absolute Gasteiger partial charge is 0.454 e. The van der Waals surface area contributed by atoms with E-state index >= 15 is 0 Å². The smallest absolute Gasteiger partial charge is 0.231 e. The van der Waals surface area contributed by atoms with E-state index in [1.165, 1.54) is 0 Å². The van der Waals surface area contributed by atoms with E-state index in [2.05, 4.69) is 15.3 Å². The van der Waals surface area contributed by atoms with Gasteiger partial charge in [-0.2, -0.15) is 0 Å². The van der Waals surface area contributed by atoms with Crippen molar-refractivity contribution in [3.63, 3.8) is 0 Å². The number of hydrogen-bond acceptors (Lipinski definition) is 4. The number of rotatable bonds is 3. The lowest BCUT2D eigenvalue weighted by atomic mass is 10.1. The first-order valence-corrected chi connectivity index (χ1v) is 5.88. The first-order chi connectivity index (χ1) is 8.76. The first kappa shape index (κ1) is 11.0. The quantitative estimate of drug-likeness (QED) is 0.869. The molecule has 3 rings (SSSR count). The molecule has 2 heterocycles. The monoisotopic (exact) mass is 245 g/mol. The van der Waals surface area contributed by atoms with Crippen molar-refractivity contribution < 1.29 is 9.47 Å². The SMILES string of the molecule is CNc1nc(Cc2ccc3c(c2)OCO3)c(C)[nH]1. The van der Waals surface area contributed by atoms with Gasteiger partial charge in [0.1, 0.15) is 0 Å². The lowest BCUT2D eigenvalue weighted by Crippen LogP contribution is -1.93. The Morgan fingerprint density at radius 3 is 2.94 bits per heavy atom. The molecule has 0 amide bonds. The zero-order valence-corrected chi connectivity index (χ0v) is 10.4. The molecule has 18 heavy (non-hydrogen) atoms. The van der Waals surface area contributed by atoms with Crippen molar-refractivity contribution in [2.24, 2.45) is 0 Å². The molecule has 1 aromatic heterocycles. The van der Waals surface area contributed by atoms with Crippen LogP contribution in [0.1, 0.15) is 17.0 Å². The van der Waals surface area contributed by atoms with Gasteiger partial charge in [-0.1, -0.05) is 6.07 Å². The molecule has 94 valence electrons. The second-order valence-electron chi connectivity index (χ2n) is 4.27. The minimum atomic E-state index is 0.310. The van der Waals surface area contributed by atoms with Crippen LogP contribution in [0.25, 0.3) is 0 Å². The maximum atomic E-state index is 5.37. The Morgan fingerprint density at radius 1 is 1.33 bits per heavy atom. The highest BCUT2D eigenvalue weighted by molar-refractivity contribution is 5.45. The van der Waals surface area contributed by atoms with E-state index in [0.717, 1.165) is 40.8 Å². The van der Waals surface area contributed by atoms with Crippen LogP contribution in [-0.2, 0) is 6.42 Å². The number of anilines is 1. The third-order valence-electron chi connectivity index (χ3n) is 3.03. The number of aromatic amines is 1. The van der Waals surface area contributed by atoms with E-state index in [9.17, 15) is 0 Å². The molecule has 0 atom stereocenters. The third-order valence-corrected chi connectivity index (χ3v) is 3.03. The Bertz CT molecular complexity index is 578. The zero-order chi connectivity index (χ0) is 12.5. The number of ether oxygens (including phenoxy) is 2. The van der Waals surface area contributed by atoms with Crippen LogP contribution in [0.2, 0.25) is 0 Å². The van der Waals surface area contributed by atoms with Crippen LogP contribution in [0.4, 0.5) is 5.95 Å². The Hall–Kier alpha value is -2.17. The molecule has 0 aliphatic carbocycles. The number of H-pyrrole nitrogens is 1. The van der Waals surface area contributed by atoms with Crippen LogP contribution in [0.15, 0.2) is 18.2 Å². The Kier molecular flexibility index (Phi) is 2.59. The topological polar surface area (TPSA) is 59.2 Å². The van der Waals surface area contributed by atoms with Gasteiger partial charge in [0.15, 0.2) is 17.4 Å². The molecule has 0 spiro atoms. The number of imidazole rings is 1. The standard InChI is InChI=1S/C13H15N3O2/c1-8-10(16-13(14-2)15-8)5-9-3-4-11-12(6-9)18-7-17-11/h3-4,6H,5,7H2,1-2H3,(H2,14,15,16). The molecular formula is C13H15N3O2. The molecule has 2 aromatic rings. The van der Waals surface area contributed by atoms with Crippen molar-refractivity contribution in [1.29, 1.82) is 0 Å². The van der Waals surface area contributed by atoms with Crippen molar-refractivity contribution >= 4 is 5.95 Å². The Balaban J connectivity index is 1.85. The fourth-order valence-corrected chi connectivity index (χ4v) is 2.03. The molecule has 1 aromatic carbocycles. The average molecular weight is 245 g/mol. The van der Waals surface area contributed by atoms with E-state index in [4.69, 9.17) is 9.47 Å². The predicted molar refractivity (Wildman–Crippen MR) is 68.2 cm³/mol. The molecule has 5 nitrogen and oxygen atoms in total. The number of aryl methyl sites for hydroxylation is 1. The van der Waals surface area contributed by atoms with Gasteiger partial charge >= 0.3 is 0 Å². The van der Waals surface area contributed by atoms with Gasteiger partial charge in [0.2, 0.25) is 6.79 Å². The summed E-state index contributed by atoms with van der Waals surface area (Å²) in [5.74, 6) is 2.42. The van der Waals surface area contributed by atoms with E-state index in [1.54, 1.807) is 0 Å². The summed E-state index contributed by atoms with van der Waals surface area (Å²) in [5.41, 5.74) is 3.28. The van der Waals surface area contributed by atoms with Crippen molar-refractivity contribution in [1.82, 2.24) is 9.97 Å². The maximum absolute atomic E-state index is 5.37. The molecule has 5 heteroatoms. The molecule has 1 aliphatic heterocycles. The number of nitrogens with zero attached hydrogens (tertiary/aromatic N) is 1. The van der Waals surface area contributed by atoms with Crippen LogP contribution in [0.5, 0.6) is 11.5 Å². The van der Waals surface area contributed by atoms with Crippen LogP contribution >= 0.6 is 0 Å². The van der Waals surface area contributed by atoms with E-state index < -0.39 is 0 Å². The van der Waals surface area contributed by atoms with Crippen LogP contribution in [0, 0.1) is 6.92 Å². The molecule has 0 saturated heterocycles. The van der Waals surface area contributed by atoms with Gasteiger partial charge in [-0.15, -0.1) is 0 Å². The van der Waals surface area contributed by atoms with Gasteiger partial charge in [-0.3, -0.25) is 0 Å². The summed E-state index contributed by atoms with van der Waals surface area (Å²) in [5, 5.41) is 3.00. The van der Waals surface area contributed by atoms with Crippen molar-refractivity contribution in [3.05, 3.63) is 35.2 Å². The number of hydrogen-bond donors (Lipinski definition) is 2. The van der Waals surface area contributed by atoms with E-state index in [-0.39, 0.29) is 0 Å². The predicted octanol–water partition coefficient (Wildman–Crippen LogP) is 2.08.